The lowest BCUT2D eigenvalue weighted by atomic mass is 10.1. The molecule has 1 heterocycles. The van der Waals surface area contributed by atoms with E-state index in [2.05, 4.69) is 10.3 Å². The maximum absolute atomic E-state index is 11.8. The number of carboxylic acid groups (broad SMARTS) is 1. The van der Waals surface area contributed by atoms with Gasteiger partial charge in [0.05, 0.1) is 5.56 Å². The van der Waals surface area contributed by atoms with E-state index in [1.807, 2.05) is 13.8 Å². The lowest BCUT2D eigenvalue weighted by Crippen LogP contribution is -2.31. The standard InChI is InChI=1S/C13H16N2O3/c1-3-9(2)15-13(18)11-6-10(7-14-8-11)4-5-12(16)17/h4-9H,3H2,1-2H3,(H,15,18)(H,16,17). The molecule has 0 spiro atoms. The summed E-state index contributed by atoms with van der Waals surface area (Å²) in [6.07, 6.45) is 6.20. The average molecular weight is 248 g/mol. The molecule has 1 rings (SSSR count). The second-order valence-corrected chi connectivity index (χ2v) is 3.96. The number of nitrogens with one attached hydrogen (secondary N) is 1. The van der Waals surface area contributed by atoms with Gasteiger partial charge in [0.25, 0.3) is 5.91 Å². The van der Waals surface area contributed by atoms with Gasteiger partial charge in [-0.05, 0) is 31.1 Å². The van der Waals surface area contributed by atoms with E-state index >= 15 is 0 Å². The SMILES string of the molecule is CCC(C)NC(=O)c1cncc(C=CC(=O)O)c1. The third-order valence-electron chi connectivity index (χ3n) is 2.43. The predicted octanol–water partition coefficient (Wildman–Crippen LogP) is 1.71. The smallest absolute Gasteiger partial charge is 0.328 e. The summed E-state index contributed by atoms with van der Waals surface area (Å²) in [5, 5.41) is 11.3. The lowest BCUT2D eigenvalue weighted by molar-refractivity contribution is -0.131. The molecule has 0 saturated carbocycles. The number of hydrogen-bond acceptors (Lipinski definition) is 3. The highest BCUT2D eigenvalue weighted by atomic mass is 16.4. The Morgan fingerprint density at radius 3 is 2.83 bits per heavy atom. The molecule has 5 heteroatoms. The molecule has 1 amide bonds. The molecule has 0 aliphatic heterocycles. The molecule has 0 saturated heterocycles. The van der Waals surface area contributed by atoms with Crippen LogP contribution in [-0.4, -0.2) is 28.0 Å². The number of rotatable bonds is 5. The van der Waals surface area contributed by atoms with Crippen molar-refractivity contribution in [3.8, 4) is 0 Å². The molecule has 0 bridgehead atoms. The van der Waals surface area contributed by atoms with Crippen LogP contribution in [0.4, 0.5) is 0 Å². The van der Waals surface area contributed by atoms with Crippen LogP contribution in [0.25, 0.3) is 6.08 Å². The molecular weight excluding hydrogens is 232 g/mol. The minimum Gasteiger partial charge on any atom is -0.478 e. The molecule has 1 atom stereocenters. The first-order valence-electron chi connectivity index (χ1n) is 5.70. The molecule has 0 aromatic carbocycles. The second kappa shape index (κ2) is 6.54. The maximum Gasteiger partial charge on any atom is 0.328 e. The second-order valence-electron chi connectivity index (χ2n) is 3.96. The monoisotopic (exact) mass is 248 g/mol. The summed E-state index contributed by atoms with van der Waals surface area (Å²) < 4.78 is 0. The van der Waals surface area contributed by atoms with Crippen LogP contribution >= 0.6 is 0 Å². The summed E-state index contributed by atoms with van der Waals surface area (Å²) in [6.45, 7) is 3.90. The normalized spacial score (nSPS) is 12.3. The Hall–Kier alpha value is -2.17. The average Bonchev–Trinajstić information content (AvgIpc) is 2.36. The van der Waals surface area contributed by atoms with E-state index in [1.54, 1.807) is 6.07 Å². The van der Waals surface area contributed by atoms with Gasteiger partial charge in [0.1, 0.15) is 0 Å². The molecule has 1 unspecified atom stereocenters. The quantitative estimate of drug-likeness (QED) is 0.777. The zero-order valence-corrected chi connectivity index (χ0v) is 10.4. The lowest BCUT2D eigenvalue weighted by Gasteiger charge is -2.11. The topological polar surface area (TPSA) is 79.3 Å². The fourth-order valence-corrected chi connectivity index (χ4v) is 1.25. The minimum absolute atomic E-state index is 0.0933. The third-order valence-corrected chi connectivity index (χ3v) is 2.43. The molecule has 96 valence electrons. The number of hydrogen-bond donors (Lipinski definition) is 2. The molecule has 2 N–H and O–H groups in total. The molecule has 5 nitrogen and oxygen atoms in total. The van der Waals surface area contributed by atoms with E-state index < -0.39 is 5.97 Å². The largest absolute Gasteiger partial charge is 0.478 e. The molecule has 0 aliphatic carbocycles. The van der Waals surface area contributed by atoms with Gasteiger partial charge in [0.15, 0.2) is 0 Å². The molecule has 18 heavy (non-hydrogen) atoms. The summed E-state index contributed by atoms with van der Waals surface area (Å²) >= 11 is 0. The van der Waals surface area contributed by atoms with E-state index in [-0.39, 0.29) is 11.9 Å². The summed E-state index contributed by atoms with van der Waals surface area (Å²) in [7, 11) is 0. The highest BCUT2D eigenvalue weighted by Gasteiger charge is 2.08. The number of amides is 1. The summed E-state index contributed by atoms with van der Waals surface area (Å²) in [6, 6.07) is 1.69. The molecule has 0 radical (unpaired) electrons. The Labute approximate surface area is 106 Å². The minimum atomic E-state index is -1.04. The number of pyridine rings is 1. The fourth-order valence-electron chi connectivity index (χ4n) is 1.25. The van der Waals surface area contributed by atoms with Crippen molar-refractivity contribution in [2.24, 2.45) is 0 Å². The van der Waals surface area contributed by atoms with E-state index in [9.17, 15) is 9.59 Å². The number of carbonyl (C=O) groups excluding carboxylic acids is 1. The van der Waals surface area contributed by atoms with Crippen molar-refractivity contribution < 1.29 is 14.7 Å². The zero-order chi connectivity index (χ0) is 13.5. The van der Waals surface area contributed by atoms with Crippen molar-refractivity contribution in [3.63, 3.8) is 0 Å². The van der Waals surface area contributed by atoms with Crippen LogP contribution in [0.15, 0.2) is 24.5 Å². The van der Waals surface area contributed by atoms with Gasteiger partial charge in [-0.2, -0.15) is 0 Å². The van der Waals surface area contributed by atoms with Gasteiger partial charge in [-0.25, -0.2) is 4.79 Å². The number of aliphatic carboxylic acids is 1. The maximum atomic E-state index is 11.8. The first-order valence-corrected chi connectivity index (χ1v) is 5.70. The number of aromatic nitrogens is 1. The van der Waals surface area contributed by atoms with Crippen LogP contribution in [0.2, 0.25) is 0 Å². The number of nitrogens with zero attached hydrogens (tertiary/aromatic N) is 1. The van der Waals surface area contributed by atoms with E-state index in [0.29, 0.717) is 11.1 Å². The van der Waals surface area contributed by atoms with Crippen LogP contribution < -0.4 is 5.32 Å². The fraction of sp³-hybridized carbons (Fsp3) is 0.308. The molecular formula is C13H16N2O3. The Morgan fingerprint density at radius 2 is 2.22 bits per heavy atom. The van der Waals surface area contributed by atoms with Crippen LogP contribution in [0.1, 0.15) is 36.2 Å². The van der Waals surface area contributed by atoms with Crippen molar-refractivity contribution in [1.82, 2.24) is 10.3 Å². The van der Waals surface area contributed by atoms with Crippen molar-refractivity contribution in [3.05, 3.63) is 35.7 Å². The van der Waals surface area contributed by atoms with Gasteiger partial charge in [-0.1, -0.05) is 6.92 Å². The van der Waals surface area contributed by atoms with Crippen molar-refractivity contribution in [2.75, 3.05) is 0 Å². The number of carboxylic acids is 1. The van der Waals surface area contributed by atoms with Crippen LogP contribution in [-0.2, 0) is 4.79 Å². The van der Waals surface area contributed by atoms with Crippen molar-refractivity contribution >= 4 is 18.0 Å². The molecule has 0 fully saturated rings. The Bertz CT molecular complexity index is 469. The van der Waals surface area contributed by atoms with Gasteiger partial charge in [-0.15, -0.1) is 0 Å². The Balaban J connectivity index is 2.81. The van der Waals surface area contributed by atoms with Crippen molar-refractivity contribution in [1.29, 1.82) is 0 Å². The van der Waals surface area contributed by atoms with E-state index in [0.717, 1.165) is 12.5 Å². The van der Waals surface area contributed by atoms with Gasteiger partial charge >= 0.3 is 5.97 Å². The predicted molar refractivity (Wildman–Crippen MR) is 68.1 cm³/mol. The Kier molecular flexibility index (Phi) is 5.05. The molecule has 0 aliphatic rings. The van der Waals surface area contributed by atoms with Gasteiger partial charge < -0.3 is 10.4 Å². The van der Waals surface area contributed by atoms with Crippen LogP contribution in [0.3, 0.4) is 0 Å². The molecule has 1 aromatic rings. The number of carbonyl (C=O) groups is 2. The summed E-state index contributed by atoms with van der Waals surface area (Å²) in [5.74, 6) is -1.24. The van der Waals surface area contributed by atoms with Crippen LogP contribution in [0.5, 0.6) is 0 Å². The van der Waals surface area contributed by atoms with E-state index in [4.69, 9.17) is 5.11 Å². The van der Waals surface area contributed by atoms with Gasteiger partial charge in [0.2, 0.25) is 0 Å². The highest BCUT2D eigenvalue weighted by molar-refractivity contribution is 5.94. The van der Waals surface area contributed by atoms with Gasteiger partial charge in [0, 0.05) is 24.5 Å². The summed E-state index contributed by atoms with van der Waals surface area (Å²) in [4.78, 5) is 26.1. The molecule has 1 aromatic heterocycles. The first kappa shape index (κ1) is 13.9. The van der Waals surface area contributed by atoms with Crippen LogP contribution in [0, 0.1) is 0 Å². The van der Waals surface area contributed by atoms with Crippen molar-refractivity contribution in [2.45, 2.75) is 26.3 Å². The first-order chi connectivity index (χ1) is 8.52. The zero-order valence-electron chi connectivity index (χ0n) is 10.4. The third kappa shape index (κ3) is 4.37. The van der Waals surface area contributed by atoms with E-state index in [1.165, 1.54) is 18.5 Å². The summed E-state index contributed by atoms with van der Waals surface area (Å²) in [5.41, 5.74) is 0.997. The highest BCUT2D eigenvalue weighted by Crippen LogP contribution is 2.05. The van der Waals surface area contributed by atoms with Gasteiger partial charge in [-0.3, -0.25) is 9.78 Å². The Morgan fingerprint density at radius 1 is 1.50 bits per heavy atom.